The van der Waals surface area contributed by atoms with Crippen molar-refractivity contribution < 1.29 is 24.2 Å². The van der Waals surface area contributed by atoms with Crippen LogP contribution in [0.15, 0.2) is 48.5 Å². The molecule has 1 N–H and O–H groups in total. The van der Waals surface area contributed by atoms with Gasteiger partial charge in [-0.1, -0.05) is 24.3 Å². The SMILES string of the molecule is CC(=O)Oc1ccccc1C(=O)Oc1ccc(CO)cc1. The Kier molecular flexibility index (Phi) is 4.68. The molecule has 21 heavy (non-hydrogen) atoms. The van der Waals surface area contributed by atoms with E-state index in [0.717, 1.165) is 5.56 Å². The van der Waals surface area contributed by atoms with Gasteiger partial charge in [-0.25, -0.2) is 4.79 Å². The highest BCUT2D eigenvalue weighted by molar-refractivity contribution is 5.94. The van der Waals surface area contributed by atoms with Crippen molar-refractivity contribution in [1.82, 2.24) is 0 Å². The van der Waals surface area contributed by atoms with Gasteiger partial charge < -0.3 is 14.6 Å². The first kappa shape index (κ1) is 14.7. The molecule has 5 heteroatoms. The topological polar surface area (TPSA) is 72.8 Å². The van der Waals surface area contributed by atoms with Crippen molar-refractivity contribution in [2.45, 2.75) is 13.5 Å². The quantitative estimate of drug-likeness (QED) is 0.689. The summed E-state index contributed by atoms with van der Waals surface area (Å²) in [6.07, 6.45) is 0. The third-order valence-corrected chi connectivity index (χ3v) is 2.68. The number of aliphatic hydroxyl groups is 1. The fourth-order valence-corrected chi connectivity index (χ4v) is 1.70. The van der Waals surface area contributed by atoms with Crippen LogP contribution in [0.3, 0.4) is 0 Å². The van der Waals surface area contributed by atoms with E-state index in [2.05, 4.69) is 0 Å². The Morgan fingerprint density at radius 2 is 1.67 bits per heavy atom. The summed E-state index contributed by atoms with van der Waals surface area (Å²) >= 11 is 0. The Balaban J connectivity index is 2.17. The van der Waals surface area contributed by atoms with Crippen molar-refractivity contribution in [3.8, 4) is 11.5 Å². The van der Waals surface area contributed by atoms with Crippen LogP contribution >= 0.6 is 0 Å². The Morgan fingerprint density at radius 1 is 1.00 bits per heavy atom. The number of aliphatic hydroxyl groups excluding tert-OH is 1. The van der Waals surface area contributed by atoms with E-state index in [0.29, 0.717) is 5.75 Å². The van der Waals surface area contributed by atoms with Gasteiger partial charge in [-0.05, 0) is 29.8 Å². The van der Waals surface area contributed by atoms with E-state index in [9.17, 15) is 9.59 Å². The summed E-state index contributed by atoms with van der Waals surface area (Å²) < 4.78 is 10.2. The zero-order chi connectivity index (χ0) is 15.2. The highest BCUT2D eigenvalue weighted by atomic mass is 16.5. The van der Waals surface area contributed by atoms with E-state index in [-0.39, 0.29) is 17.9 Å². The van der Waals surface area contributed by atoms with Crippen molar-refractivity contribution in [3.63, 3.8) is 0 Å². The molecule has 2 rings (SSSR count). The zero-order valence-electron chi connectivity index (χ0n) is 11.4. The average Bonchev–Trinajstić information content (AvgIpc) is 2.48. The molecule has 0 aromatic heterocycles. The van der Waals surface area contributed by atoms with Gasteiger partial charge in [0.25, 0.3) is 0 Å². The Labute approximate surface area is 121 Å². The minimum Gasteiger partial charge on any atom is -0.426 e. The molecule has 0 fully saturated rings. The van der Waals surface area contributed by atoms with Crippen LogP contribution in [0.4, 0.5) is 0 Å². The molecule has 0 saturated heterocycles. The van der Waals surface area contributed by atoms with Gasteiger partial charge in [0.15, 0.2) is 0 Å². The average molecular weight is 286 g/mol. The van der Waals surface area contributed by atoms with Crippen LogP contribution in [0.2, 0.25) is 0 Å². The Morgan fingerprint density at radius 3 is 2.29 bits per heavy atom. The zero-order valence-corrected chi connectivity index (χ0v) is 11.4. The molecule has 5 nitrogen and oxygen atoms in total. The van der Waals surface area contributed by atoms with Crippen molar-refractivity contribution in [2.75, 3.05) is 0 Å². The molecule has 0 unspecified atom stereocenters. The van der Waals surface area contributed by atoms with E-state index in [1.807, 2.05) is 0 Å². The molecule has 2 aromatic carbocycles. The van der Waals surface area contributed by atoms with Gasteiger partial charge in [-0.3, -0.25) is 4.79 Å². The molecule has 108 valence electrons. The summed E-state index contributed by atoms with van der Waals surface area (Å²) in [5.41, 5.74) is 0.883. The third kappa shape index (κ3) is 3.90. The van der Waals surface area contributed by atoms with Crippen LogP contribution in [-0.2, 0) is 11.4 Å². The summed E-state index contributed by atoms with van der Waals surface area (Å²) in [5.74, 6) is -0.636. The van der Waals surface area contributed by atoms with Gasteiger partial charge in [-0.15, -0.1) is 0 Å². The van der Waals surface area contributed by atoms with Gasteiger partial charge in [0.05, 0.1) is 6.61 Å². The fraction of sp³-hybridized carbons (Fsp3) is 0.125. The Hall–Kier alpha value is -2.66. The van der Waals surface area contributed by atoms with Crippen LogP contribution < -0.4 is 9.47 Å². The van der Waals surface area contributed by atoms with Crippen LogP contribution in [0.1, 0.15) is 22.8 Å². The van der Waals surface area contributed by atoms with E-state index in [1.165, 1.54) is 19.1 Å². The van der Waals surface area contributed by atoms with Gasteiger partial charge in [0, 0.05) is 6.92 Å². The summed E-state index contributed by atoms with van der Waals surface area (Å²) in [6, 6.07) is 12.8. The van der Waals surface area contributed by atoms with Crippen molar-refractivity contribution in [2.24, 2.45) is 0 Å². The van der Waals surface area contributed by atoms with Gasteiger partial charge in [-0.2, -0.15) is 0 Å². The van der Waals surface area contributed by atoms with Crippen molar-refractivity contribution in [1.29, 1.82) is 0 Å². The molecule has 0 heterocycles. The molecular formula is C16H14O5. The molecule has 2 aromatic rings. The highest BCUT2D eigenvalue weighted by Crippen LogP contribution is 2.21. The summed E-state index contributed by atoms with van der Waals surface area (Å²) in [6.45, 7) is 1.18. The van der Waals surface area contributed by atoms with Gasteiger partial charge in [0.2, 0.25) is 0 Å². The second-order valence-electron chi connectivity index (χ2n) is 4.28. The largest absolute Gasteiger partial charge is 0.426 e. The van der Waals surface area contributed by atoms with Gasteiger partial charge in [0.1, 0.15) is 17.1 Å². The first-order valence-electron chi connectivity index (χ1n) is 6.29. The first-order valence-corrected chi connectivity index (χ1v) is 6.29. The maximum atomic E-state index is 12.1. The molecule has 0 aliphatic heterocycles. The number of para-hydroxylation sites is 1. The second-order valence-corrected chi connectivity index (χ2v) is 4.28. The molecule has 0 amide bonds. The lowest BCUT2D eigenvalue weighted by atomic mass is 10.2. The van der Waals surface area contributed by atoms with E-state index in [1.54, 1.807) is 36.4 Å². The first-order chi connectivity index (χ1) is 10.1. The lowest BCUT2D eigenvalue weighted by Gasteiger charge is -2.09. The number of carbonyl (C=O) groups excluding carboxylic acids is 2. The summed E-state index contributed by atoms with van der Waals surface area (Å²) in [7, 11) is 0. The van der Waals surface area contributed by atoms with E-state index < -0.39 is 11.9 Å². The standard InChI is InChI=1S/C16H14O5/c1-11(18)20-15-5-3-2-4-14(15)16(19)21-13-8-6-12(10-17)7-9-13/h2-9,17H,10H2,1H3. The predicted octanol–water partition coefficient (Wildman–Crippen LogP) is 2.32. The van der Waals surface area contributed by atoms with E-state index >= 15 is 0 Å². The number of ether oxygens (including phenoxy) is 2. The molecule has 0 aliphatic rings. The molecule has 0 saturated carbocycles. The number of hydrogen-bond donors (Lipinski definition) is 1. The summed E-state index contributed by atoms with van der Waals surface area (Å²) in [4.78, 5) is 23.1. The number of esters is 2. The van der Waals surface area contributed by atoms with Crippen molar-refractivity contribution in [3.05, 3.63) is 59.7 Å². The number of hydrogen-bond acceptors (Lipinski definition) is 5. The van der Waals surface area contributed by atoms with Crippen LogP contribution in [0.25, 0.3) is 0 Å². The monoisotopic (exact) mass is 286 g/mol. The highest BCUT2D eigenvalue weighted by Gasteiger charge is 2.15. The maximum Gasteiger partial charge on any atom is 0.347 e. The molecule has 0 bridgehead atoms. The predicted molar refractivity (Wildman–Crippen MR) is 75.1 cm³/mol. The molecule has 0 radical (unpaired) electrons. The number of rotatable bonds is 4. The van der Waals surface area contributed by atoms with Crippen LogP contribution in [-0.4, -0.2) is 17.0 Å². The Bertz CT molecular complexity index is 646. The van der Waals surface area contributed by atoms with Gasteiger partial charge >= 0.3 is 11.9 Å². The summed E-state index contributed by atoms with van der Waals surface area (Å²) in [5, 5.41) is 8.95. The molecule has 0 aliphatic carbocycles. The van der Waals surface area contributed by atoms with Crippen molar-refractivity contribution >= 4 is 11.9 Å². The second kappa shape index (κ2) is 6.67. The normalized spacial score (nSPS) is 10.0. The third-order valence-electron chi connectivity index (χ3n) is 2.68. The molecule has 0 atom stereocenters. The van der Waals surface area contributed by atoms with Crippen LogP contribution in [0, 0.1) is 0 Å². The molecule has 0 spiro atoms. The smallest absolute Gasteiger partial charge is 0.347 e. The maximum absolute atomic E-state index is 12.1. The lowest BCUT2D eigenvalue weighted by Crippen LogP contribution is -2.12. The number of benzene rings is 2. The van der Waals surface area contributed by atoms with Crippen LogP contribution in [0.5, 0.6) is 11.5 Å². The van der Waals surface area contributed by atoms with E-state index in [4.69, 9.17) is 14.6 Å². The minimum absolute atomic E-state index is 0.0798. The molecular weight excluding hydrogens is 272 g/mol. The fourth-order valence-electron chi connectivity index (χ4n) is 1.70. The minimum atomic E-state index is -0.622. The number of carbonyl (C=O) groups is 2. The lowest BCUT2D eigenvalue weighted by molar-refractivity contribution is -0.131.